The van der Waals surface area contributed by atoms with E-state index >= 15 is 0 Å². The van der Waals surface area contributed by atoms with Gasteiger partial charge < -0.3 is 14.8 Å². The van der Waals surface area contributed by atoms with Gasteiger partial charge in [-0.1, -0.05) is 0 Å². The van der Waals surface area contributed by atoms with Gasteiger partial charge in [0.1, 0.15) is 5.75 Å². The summed E-state index contributed by atoms with van der Waals surface area (Å²) in [7, 11) is 0. The molecule has 0 bridgehead atoms. The number of hydrogen-bond donors (Lipinski definition) is 2. The van der Waals surface area contributed by atoms with Crippen LogP contribution in [-0.2, 0) is 0 Å². The van der Waals surface area contributed by atoms with Crippen molar-refractivity contribution in [2.75, 3.05) is 0 Å². The van der Waals surface area contributed by atoms with E-state index in [9.17, 15) is 22.8 Å². The fourth-order valence-electron chi connectivity index (χ4n) is 1.55. The number of carbonyl (C=O) groups is 2. The highest BCUT2D eigenvalue weighted by atomic mass is 19.4. The van der Waals surface area contributed by atoms with Crippen molar-refractivity contribution in [2.45, 2.75) is 6.18 Å². The normalized spacial score (nSPS) is 11.5. The fourth-order valence-corrected chi connectivity index (χ4v) is 1.55. The van der Waals surface area contributed by atoms with Crippen LogP contribution in [0.4, 0.5) is 18.0 Å². The maximum atomic E-state index is 12.2. The molecule has 2 aromatic rings. The summed E-state index contributed by atoms with van der Waals surface area (Å²) in [4.78, 5) is 23.6. The van der Waals surface area contributed by atoms with Gasteiger partial charge in [-0.15, -0.1) is 0 Å². The number of ether oxygens (including phenoxy) is 1. The molecule has 0 radical (unpaired) electrons. The van der Waals surface area contributed by atoms with Crippen molar-refractivity contribution in [1.82, 2.24) is 4.98 Å². The highest BCUT2D eigenvalue weighted by Crippen LogP contribution is 2.26. The first kappa shape index (κ1) is 12.9. The lowest BCUT2D eigenvalue weighted by atomic mass is 10.2. The van der Waals surface area contributed by atoms with Gasteiger partial charge in [0.15, 0.2) is 0 Å². The van der Waals surface area contributed by atoms with Crippen molar-refractivity contribution in [3.8, 4) is 5.75 Å². The van der Waals surface area contributed by atoms with Crippen LogP contribution in [0.1, 0.15) is 10.5 Å². The van der Waals surface area contributed by atoms with E-state index < -0.39 is 23.8 Å². The van der Waals surface area contributed by atoms with Crippen LogP contribution in [0.3, 0.4) is 0 Å². The predicted molar refractivity (Wildman–Crippen MR) is 57.3 cm³/mol. The average Bonchev–Trinajstić information content (AvgIpc) is 2.68. The van der Waals surface area contributed by atoms with Gasteiger partial charge in [-0.2, -0.15) is 13.2 Å². The minimum absolute atomic E-state index is 0.0509. The number of alkyl halides is 3. The molecule has 0 amide bonds. The number of carbonyl (C=O) groups excluding carboxylic acids is 1. The van der Waals surface area contributed by atoms with Crippen LogP contribution in [0, 0.1) is 0 Å². The SMILES string of the molecule is O=C(O)Oc1ccc2[nH]c(C(=O)C(F)(F)F)cc2c1. The molecule has 0 fully saturated rings. The molecule has 1 heterocycles. The first-order chi connectivity index (χ1) is 8.77. The Hall–Kier alpha value is -2.51. The number of aromatic nitrogens is 1. The third kappa shape index (κ3) is 2.67. The largest absolute Gasteiger partial charge is 0.511 e. The Bertz CT molecular complexity index is 659. The average molecular weight is 273 g/mol. The van der Waals surface area contributed by atoms with Crippen molar-refractivity contribution in [2.24, 2.45) is 0 Å². The molecule has 1 aromatic carbocycles. The molecule has 8 heteroatoms. The summed E-state index contributed by atoms with van der Waals surface area (Å²) >= 11 is 0. The molecule has 0 aliphatic rings. The second kappa shape index (κ2) is 4.30. The predicted octanol–water partition coefficient (Wildman–Crippen LogP) is 2.97. The summed E-state index contributed by atoms with van der Waals surface area (Å²) in [5.41, 5.74) is -0.347. The number of Topliss-reactive ketones (excluding diaryl/α,β-unsaturated/α-hetero) is 1. The maximum absolute atomic E-state index is 12.2. The van der Waals surface area contributed by atoms with Crippen LogP contribution in [0.5, 0.6) is 5.75 Å². The van der Waals surface area contributed by atoms with E-state index in [1.54, 1.807) is 0 Å². The molecule has 0 aliphatic heterocycles. The van der Waals surface area contributed by atoms with Gasteiger partial charge in [-0.3, -0.25) is 4.79 Å². The Morgan fingerprint density at radius 3 is 2.47 bits per heavy atom. The molecule has 0 unspecified atom stereocenters. The van der Waals surface area contributed by atoms with Gasteiger partial charge in [0.25, 0.3) is 5.78 Å². The van der Waals surface area contributed by atoms with Gasteiger partial charge in [-0.05, 0) is 24.3 Å². The lowest BCUT2D eigenvalue weighted by Gasteiger charge is -2.01. The maximum Gasteiger partial charge on any atom is 0.511 e. The Labute approximate surface area is 103 Å². The van der Waals surface area contributed by atoms with E-state index in [0.717, 1.165) is 6.07 Å². The summed E-state index contributed by atoms with van der Waals surface area (Å²) in [6.07, 6.45) is -6.51. The molecule has 19 heavy (non-hydrogen) atoms. The zero-order chi connectivity index (χ0) is 14.2. The number of fused-ring (bicyclic) bond motifs is 1. The van der Waals surface area contributed by atoms with Crippen LogP contribution in [0.25, 0.3) is 10.9 Å². The first-order valence-electron chi connectivity index (χ1n) is 4.92. The van der Waals surface area contributed by atoms with E-state index in [1.165, 1.54) is 18.2 Å². The van der Waals surface area contributed by atoms with Gasteiger partial charge in [0, 0.05) is 10.9 Å². The smallest absolute Gasteiger partial charge is 0.449 e. The number of rotatable bonds is 2. The topological polar surface area (TPSA) is 79.4 Å². The summed E-state index contributed by atoms with van der Waals surface area (Å²) in [5.74, 6) is -2.05. The number of halogens is 3. The first-order valence-corrected chi connectivity index (χ1v) is 4.92. The van der Waals surface area contributed by atoms with E-state index in [2.05, 4.69) is 9.72 Å². The number of ketones is 1. The van der Waals surface area contributed by atoms with Crippen molar-refractivity contribution in [3.05, 3.63) is 30.0 Å². The quantitative estimate of drug-likeness (QED) is 0.501. The van der Waals surface area contributed by atoms with E-state index in [0.29, 0.717) is 0 Å². The summed E-state index contributed by atoms with van der Waals surface area (Å²) in [6, 6.07) is 4.78. The zero-order valence-electron chi connectivity index (χ0n) is 9.12. The number of aromatic amines is 1. The monoisotopic (exact) mass is 273 g/mol. The van der Waals surface area contributed by atoms with Gasteiger partial charge in [0.05, 0.1) is 5.69 Å². The molecule has 0 saturated heterocycles. The molecular weight excluding hydrogens is 267 g/mol. The number of benzene rings is 1. The van der Waals surface area contributed by atoms with Crippen molar-refractivity contribution < 1.29 is 32.6 Å². The van der Waals surface area contributed by atoms with Crippen molar-refractivity contribution in [1.29, 1.82) is 0 Å². The van der Waals surface area contributed by atoms with E-state index in [-0.39, 0.29) is 16.7 Å². The van der Waals surface area contributed by atoms with Crippen LogP contribution in [0.15, 0.2) is 24.3 Å². The number of H-pyrrole nitrogens is 1. The second-order valence-corrected chi connectivity index (χ2v) is 3.63. The highest BCUT2D eigenvalue weighted by molar-refractivity contribution is 6.02. The Balaban J connectivity index is 2.41. The van der Waals surface area contributed by atoms with Gasteiger partial charge >= 0.3 is 12.3 Å². The molecule has 0 spiro atoms. The second-order valence-electron chi connectivity index (χ2n) is 3.63. The number of hydrogen-bond acceptors (Lipinski definition) is 3. The minimum atomic E-state index is -4.97. The molecule has 0 saturated carbocycles. The van der Waals surface area contributed by atoms with E-state index in [4.69, 9.17) is 5.11 Å². The van der Waals surface area contributed by atoms with E-state index in [1.807, 2.05) is 0 Å². The molecule has 2 N–H and O–H groups in total. The zero-order valence-corrected chi connectivity index (χ0v) is 9.12. The minimum Gasteiger partial charge on any atom is -0.449 e. The third-order valence-electron chi connectivity index (χ3n) is 2.30. The summed E-state index contributed by atoms with van der Waals surface area (Å²) < 4.78 is 41.1. The standard InChI is InChI=1S/C11H6F3NO4/c12-11(13,14)9(16)8-4-5-3-6(19-10(17)18)1-2-7(5)15-8/h1-4,15H,(H,17,18). The molecule has 0 aliphatic carbocycles. The molecule has 5 nitrogen and oxygen atoms in total. The van der Waals surface area contributed by atoms with Crippen molar-refractivity contribution >= 4 is 22.8 Å². The summed E-state index contributed by atoms with van der Waals surface area (Å²) in [6.45, 7) is 0. The highest BCUT2D eigenvalue weighted by Gasteiger charge is 2.40. The van der Waals surface area contributed by atoms with Crippen LogP contribution in [-0.4, -0.2) is 28.2 Å². The lowest BCUT2D eigenvalue weighted by Crippen LogP contribution is -2.22. The van der Waals surface area contributed by atoms with Crippen molar-refractivity contribution in [3.63, 3.8) is 0 Å². The molecule has 2 rings (SSSR count). The van der Waals surface area contributed by atoms with Gasteiger partial charge in [0.2, 0.25) is 0 Å². The Morgan fingerprint density at radius 1 is 1.21 bits per heavy atom. The van der Waals surface area contributed by atoms with Gasteiger partial charge in [-0.25, -0.2) is 4.79 Å². The molecule has 1 aromatic heterocycles. The molecule has 0 atom stereocenters. The van der Waals surface area contributed by atoms with Crippen LogP contribution >= 0.6 is 0 Å². The Kier molecular flexibility index (Phi) is 2.93. The molecular formula is C11H6F3NO4. The number of nitrogens with one attached hydrogen (secondary N) is 1. The lowest BCUT2D eigenvalue weighted by molar-refractivity contribution is -0.0887. The molecule has 100 valence electrons. The summed E-state index contributed by atoms with van der Waals surface area (Å²) in [5, 5.41) is 8.65. The fraction of sp³-hybridized carbons (Fsp3) is 0.0909. The third-order valence-corrected chi connectivity index (χ3v) is 2.30. The van der Waals surface area contributed by atoms with Crippen LogP contribution in [0.2, 0.25) is 0 Å². The Morgan fingerprint density at radius 2 is 1.89 bits per heavy atom. The number of carboxylic acid groups (broad SMARTS) is 1. The van der Waals surface area contributed by atoms with Crippen LogP contribution < -0.4 is 4.74 Å².